The highest BCUT2D eigenvalue weighted by Gasteiger charge is 2.28. The van der Waals surface area contributed by atoms with Crippen LogP contribution in [0.15, 0.2) is 48.6 Å². The number of esters is 2. The van der Waals surface area contributed by atoms with E-state index >= 15 is 0 Å². The van der Waals surface area contributed by atoms with E-state index in [0.717, 1.165) is 44.4 Å². The summed E-state index contributed by atoms with van der Waals surface area (Å²) >= 11 is 0. The number of unbranched alkanes of at least 4 members (excludes halogenated alkanes) is 16. The van der Waals surface area contributed by atoms with Crippen LogP contribution in [0.5, 0.6) is 0 Å². The fourth-order valence-electron chi connectivity index (χ4n) is 6.17. The molecule has 14 nitrogen and oxygen atoms in total. The molecular formula is C46H84O14P2. The van der Waals surface area contributed by atoms with Gasteiger partial charge in [-0.15, -0.1) is 0 Å². The lowest BCUT2D eigenvalue weighted by atomic mass is 10.0. The molecule has 0 rings (SSSR count). The van der Waals surface area contributed by atoms with E-state index in [9.17, 15) is 33.8 Å². The van der Waals surface area contributed by atoms with Gasteiger partial charge in [-0.2, -0.15) is 0 Å². The van der Waals surface area contributed by atoms with E-state index in [2.05, 4.69) is 54.1 Å². The summed E-state index contributed by atoms with van der Waals surface area (Å²) in [5.41, 5.74) is 0. The topological polar surface area (TPSA) is 216 Å². The van der Waals surface area contributed by atoms with Gasteiger partial charge in [0.1, 0.15) is 12.7 Å². The van der Waals surface area contributed by atoms with Crippen molar-refractivity contribution in [1.29, 1.82) is 0 Å². The summed E-state index contributed by atoms with van der Waals surface area (Å²) in [5, 5.41) is 20.1. The zero-order valence-electron chi connectivity index (χ0n) is 38.2. The number of carbonyl (C=O) groups excluding carboxylic acids is 2. The molecule has 0 heterocycles. The van der Waals surface area contributed by atoms with Gasteiger partial charge < -0.3 is 34.4 Å². The third kappa shape index (κ3) is 44.6. The van der Waals surface area contributed by atoms with Gasteiger partial charge in [-0.25, -0.2) is 9.13 Å². The maximum absolute atomic E-state index is 12.7. The van der Waals surface area contributed by atoms with Crippen molar-refractivity contribution in [2.45, 2.75) is 200 Å². The van der Waals surface area contributed by atoms with E-state index in [0.29, 0.717) is 6.42 Å². The van der Waals surface area contributed by atoms with Crippen LogP contribution in [0.25, 0.3) is 0 Å². The molecule has 0 spiro atoms. The molecule has 0 bridgehead atoms. The molecule has 0 radical (unpaired) electrons. The summed E-state index contributed by atoms with van der Waals surface area (Å²) in [7, 11) is -9.75. The Morgan fingerprint density at radius 1 is 0.565 bits per heavy atom. The highest BCUT2D eigenvalue weighted by molar-refractivity contribution is 7.47. The Balaban J connectivity index is 4.65. The standard InChI is InChI=1S/C46H84O14P2/c1-4-5-6-7-8-9-10-13-17-20-23-26-29-33-42(47)34-31-36-46(50)60-44(40-59-62(54,55)58-38-43(48)37-57-61(51,52)53)39-56-45(49)35-30-27-24-21-18-15-12-11-14-16-19-22-25-28-32-41(2)3/h8-9,13,17,23,26,29,33,41-44,47-48H,4-7,10-12,14-16,18-22,24-25,27-28,30-32,34-40H2,1-3H3,(H,54,55)(H2,51,52,53)/b9-8-,17-13-,26-23-,33-29+/t42-,43-,44+/m0/s1. The third-order valence-electron chi connectivity index (χ3n) is 9.74. The Hall–Kier alpha value is -1.96. The first-order valence-electron chi connectivity index (χ1n) is 23.3. The minimum atomic E-state index is -4.89. The highest BCUT2D eigenvalue weighted by Crippen LogP contribution is 2.43. The number of phosphoric acid groups is 2. The van der Waals surface area contributed by atoms with E-state index < -0.39 is 72.3 Å². The van der Waals surface area contributed by atoms with Crippen LogP contribution in [0.1, 0.15) is 181 Å². The van der Waals surface area contributed by atoms with Crippen LogP contribution in [0, 0.1) is 5.92 Å². The minimum Gasteiger partial charge on any atom is -0.462 e. The number of hydrogen-bond acceptors (Lipinski definition) is 11. The lowest BCUT2D eigenvalue weighted by molar-refractivity contribution is -0.161. The molecule has 0 aromatic carbocycles. The van der Waals surface area contributed by atoms with Crippen molar-refractivity contribution in [3.63, 3.8) is 0 Å². The Labute approximate surface area is 373 Å². The Morgan fingerprint density at radius 3 is 1.69 bits per heavy atom. The monoisotopic (exact) mass is 923 g/mol. The number of carbonyl (C=O) groups is 2. The number of aliphatic hydroxyl groups is 2. The van der Waals surface area contributed by atoms with Crippen molar-refractivity contribution in [1.82, 2.24) is 0 Å². The van der Waals surface area contributed by atoms with Crippen LogP contribution in [-0.2, 0) is 41.8 Å². The van der Waals surface area contributed by atoms with Gasteiger partial charge in [0.15, 0.2) is 6.10 Å². The quantitative estimate of drug-likeness (QED) is 0.0126. The molecule has 0 aliphatic rings. The predicted octanol–water partition coefficient (Wildman–Crippen LogP) is 11.1. The summed E-state index contributed by atoms with van der Waals surface area (Å²) in [4.78, 5) is 52.8. The van der Waals surface area contributed by atoms with Gasteiger partial charge in [0.25, 0.3) is 0 Å². The van der Waals surface area contributed by atoms with Gasteiger partial charge in [-0.1, -0.05) is 172 Å². The van der Waals surface area contributed by atoms with Gasteiger partial charge >= 0.3 is 27.6 Å². The number of hydrogen-bond donors (Lipinski definition) is 5. The molecule has 1 unspecified atom stereocenters. The molecule has 0 saturated heterocycles. The number of aliphatic hydroxyl groups excluding tert-OH is 2. The Morgan fingerprint density at radius 2 is 1.10 bits per heavy atom. The van der Waals surface area contributed by atoms with Crippen molar-refractivity contribution in [3.8, 4) is 0 Å². The van der Waals surface area contributed by atoms with E-state index in [4.69, 9.17) is 23.8 Å². The summed E-state index contributed by atoms with van der Waals surface area (Å²) in [6.45, 7) is 3.85. The molecule has 0 aliphatic heterocycles. The molecule has 0 aliphatic carbocycles. The third-order valence-corrected chi connectivity index (χ3v) is 11.2. The minimum absolute atomic E-state index is 0.0965. The van der Waals surface area contributed by atoms with Crippen LogP contribution in [0.2, 0.25) is 0 Å². The van der Waals surface area contributed by atoms with Crippen molar-refractivity contribution in [2.24, 2.45) is 5.92 Å². The van der Waals surface area contributed by atoms with Gasteiger partial charge in [-0.3, -0.25) is 23.2 Å². The number of allylic oxidation sites excluding steroid dienone is 7. The molecule has 4 atom stereocenters. The smallest absolute Gasteiger partial charge is 0.462 e. The molecule has 0 amide bonds. The van der Waals surface area contributed by atoms with Crippen LogP contribution >= 0.6 is 15.6 Å². The maximum Gasteiger partial charge on any atom is 0.472 e. The first kappa shape index (κ1) is 60.0. The van der Waals surface area contributed by atoms with Gasteiger partial charge in [0.05, 0.1) is 25.9 Å². The van der Waals surface area contributed by atoms with Crippen LogP contribution in [0.4, 0.5) is 0 Å². The second-order valence-electron chi connectivity index (χ2n) is 16.4. The van der Waals surface area contributed by atoms with Gasteiger partial charge in [-0.05, 0) is 50.9 Å². The van der Waals surface area contributed by atoms with E-state index in [1.54, 1.807) is 12.2 Å². The summed E-state index contributed by atoms with van der Waals surface area (Å²) in [6.07, 6.45) is 37.0. The number of phosphoric ester groups is 2. The van der Waals surface area contributed by atoms with E-state index in [1.807, 2.05) is 12.2 Å². The Bertz CT molecular complexity index is 1310. The normalized spacial score (nSPS) is 15.0. The van der Waals surface area contributed by atoms with Gasteiger partial charge in [0.2, 0.25) is 0 Å². The molecule has 362 valence electrons. The lowest BCUT2D eigenvalue weighted by Crippen LogP contribution is -2.30. The largest absolute Gasteiger partial charge is 0.472 e. The first-order chi connectivity index (χ1) is 29.6. The molecule has 0 aromatic rings. The molecule has 5 N–H and O–H groups in total. The average Bonchev–Trinajstić information content (AvgIpc) is 3.21. The molecule has 0 aromatic heterocycles. The van der Waals surface area contributed by atoms with Crippen molar-refractivity contribution >= 4 is 27.6 Å². The second kappa shape index (κ2) is 40.5. The summed E-state index contributed by atoms with van der Waals surface area (Å²) in [5.74, 6) is -0.426. The highest BCUT2D eigenvalue weighted by atomic mass is 31.2. The summed E-state index contributed by atoms with van der Waals surface area (Å²) < 4.78 is 47.7. The SMILES string of the molecule is CCCCC/C=C\C/C=C\C/C=C\C=C\[C@H](O)CCCC(=O)O[C@H](COC(=O)CCCCCCCCCCCCCCCCC(C)C)COP(=O)(O)OC[C@@H](O)COP(=O)(O)O. The molecule has 16 heteroatoms. The first-order valence-corrected chi connectivity index (χ1v) is 26.3. The predicted molar refractivity (Wildman–Crippen MR) is 245 cm³/mol. The Kier molecular flexibility index (Phi) is 39.3. The number of ether oxygens (including phenoxy) is 2. The van der Waals surface area contributed by atoms with Crippen LogP contribution in [0.3, 0.4) is 0 Å². The molecular weight excluding hydrogens is 838 g/mol. The van der Waals surface area contributed by atoms with E-state index in [1.165, 1.54) is 89.9 Å². The zero-order chi connectivity index (χ0) is 46.2. The van der Waals surface area contributed by atoms with Crippen molar-refractivity contribution in [3.05, 3.63) is 48.6 Å². The zero-order valence-corrected chi connectivity index (χ0v) is 40.0. The fraction of sp³-hybridized carbons (Fsp3) is 0.783. The lowest BCUT2D eigenvalue weighted by Gasteiger charge is -2.20. The van der Waals surface area contributed by atoms with Crippen molar-refractivity contribution in [2.75, 3.05) is 26.4 Å². The van der Waals surface area contributed by atoms with Crippen LogP contribution < -0.4 is 0 Å². The van der Waals surface area contributed by atoms with Crippen LogP contribution in [-0.4, -0.2) is 81.6 Å². The van der Waals surface area contributed by atoms with Gasteiger partial charge in [0, 0.05) is 12.8 Å². The second-order valence-corrected chi connectivity index (χ2v) is 19.1. The molecule has 0 saturated carbocycles. The fourth-order valence-corrected chi connectivity index (χ4v) is 7.32. The summed E-state index contributed by atoms with van der Waals surface area (Å²) in [6, 6.07) is 0. The van der Waals surface area contributed by atoms with E-state index in [-0.39, 0.29) is 25.7 Å². The van der Waals surface area contributed by atoms with Crippen molar-refractivity contribution < 1.29 is 66.7 Å². The molecule has 0 fully saturated rings. The number of rotatable bonds is 43. The molecule has 62 heavy (non-hydrogen) atoms. The maximum atomic E-state index is 12.7. The average molecular weight is 923 g/mol.